The van der Waals surface area contributed by atoms with Gasteiger partial charge >= 0.3 is 0 Å². The third kappa shape index (κ3) is 5.69. The van der Waals surface area contributed by atoms with Crippen LogP contribution < -0.4 is 0 Å². The summed E-state index contributed by atoms with van der Waals surface area (Å²) in [7, 11) is 0. The maximum absolute atomic E-state index is 6.56. The van der Waals surface area contributed by atoms with Gasteiger partial charge in [-0.05, 0) is 82.9 Å². The Balaban J connectivity index is 0.971. The summed E-state index contributed by atoms with van der Waals surface area (Å²) in [6, 6.07) is 71.7. The van der Waals surface area contributed by atoms with Crippen molar-refractivity contribution in [1.82, 2.24) is 19.5 Å². The minimum absolute atomic E-state index is 0.561. The van der Waals surface area contributed by atoms with E-state index in [1.165, 1.54) is 27.4 Å². The van der Waals surface area contributed by atoms with Gasteiger partial charge in [0.1, 0.15) is 22.3 Å². The fraction of sp³-hybridized carbons (Fsp3) is 0. The summed E-state index contributed by atoms with van der Waals surface area (Å²) in [6.45, 7) is 0. The van der Waals surface area contributed by atoms with Gasteiger partial charge in [0.15, 0.2) is 17.5 Å². The highest BCUT2D eigenvalue weighted by Crippen LogP contribution is 2.41. The van der Waals surface area contributed by atoms with Crippen molar-refractivity contribution in [3.05, 3.63) is 206 Å². The second kappa shape index (κ2) is 14.0. The maximum Gasteiger partial charge on any atom is 0.164 e. The molecule has 0 saturated carbocycles. The molecule has 0 aliphatic heterocycles. The first-order chi connectivity index (χ1) is 31.2. The van der Waals surface area contributed by atoms with E-state index >= 15 is 0 Å². The van der Waals surface area contributed by atoms with Crippen molar-refractivity contribution in [2.45, 2.75) is 0 Å². The number of nitrogens with zero attached hydrogens (tertiary/aromatic N) is 4. The molecule has 4 heterocycles. The molecule has 0 unspecified atom stereocenters. The monoisotopic (exact) mass is 806 g/mol. The number of benzene rings is 9. The fourth-order valence-electron chi connectivity index (χ4n) is 9.37. The number of furan rings is 2. The third-order valence-electron chi connectivity index (χ3n) is 12.3. The Bertz CT molecular complexity index is 3920. The molecule has 13 rings (SSSR count). The van der Waals surface area contributed by atoms with E-state index in [0.29, 0.717) is 17.5 Å². The van der Waals surface area contributed by atoms with Crippen LogP contribution in [0.5, 0.6) is 0 Å². The van der Waals surface area contributed by atoms with Gasteiger partial charge < -0.3 is 13.4 Å². The number of aromatic nitrogens is 4. The second-order valence-corrected chi connectivity index (χ2v) is 15.9. The van der Waals surface area contributed by atoms with Gasteiger partial charge in [0.25, 0.3) is 0 Å². The lowest BCUT2D eigenvalue weighted by atomic mass is 10.00. The van der Waals surface area contributed by atoms with E-state index in [2.05, 4.69) is 138 Å². The lowest BCUT2D eigenvalue weighted by Crippen LogP contribution is -2.00. The van der Waals surface area contributed by atoms with Crippen LogP contribution in [0.3, 0.4) is 0 Å². The molecule has 0 aliphatic rings. The third-order valence-corrected chi connectivity index (χ3v) is 12.3. The molecule has 9 aromatic carbocycles. The van der Waals surface area contributed by atoms with Crippen LogP contribution in [-0.2, 0) is 0 Å². The minimum Gasteiger partial charge on any atom is -0.456 e. The van der Waals surface area contributed by atoms with E-state index in [4.69, 9.17) is 23.8 Å². The number of fused-ring (bicyclic) bond motifs is 9. The van der Waals surface area contributed by atoms with Gasteiger partial charge in [0.2, 0.25) is 0 Å². The summed E-state index contributed by atoms with van der Waals surface area (Å²) in [4.78, 5) is 15.5. The van der Waals surface area contributed by atoms with E-state index in [1.54, 1.807) is 0 Å². The van der Waals surface area contributed by atoms with Gasteiger partial charge in [-0.25, -0.2) is 15.0 Å². The molecule has 294 valence electrons. The van der Waals surface area contributed by atoms with Crippen LogP contribution in [0.25, 0.3) is 128 Å². The molecule has 4 aromatic heterocycles. The van der Waals surface area contributed by atoms with Crippen LogP contribution in [0.4, 0.5) is 0 Å². The summed E-state index contributed by atoms with van der Waals surface area (Å²) in [5.41, 5.74) is 13.8. The zero-order valence-electron chi connectivity index (χ0n) is 33.7. The van der Waals surface area contributed by atoms with E-state index in [0.717, 1.165) is 82.9 Å². The Morgan fingerprint density at radius 1 is 0.302 bits per heavy atom. The largest absolute Gasteiger partial charge is 0.456 e. The van der Waals surface area contributed by atoms with Crippen molar-refractivity contribution >= 4 is 65.7 Å². The van der Waals surface area contributed by atoms with Crippen molar-refractivity contribution in [3.63, 3.8) is 0 Å². The summed E-state index contributed by atoms with van der Waals surface area (Å²) >= 11 is 0. The van der Waals surface area contributed by atoms with Crippen molar-refractivity contribution in [2.75, 3.05) is 0 Å². The normalized spacial score (nSPS) is 11.8. The van der Waals surface area contributed by atoms with Crippen LogP contribution in [0, 0.1) is 0 Å². The highest BCUT2D eigenvalue weighted by Gasteiger charge is 2.21. The first-order valence-electron chi connectivity index (χ1n) is 21.1. The molecule has 6 heteroatoms. The number of rotatable bonds is 6. The van der Waals surface area contributed by atoms with Crippen LogP contribution in [0.2, 0.25) is 0 Å². The molecule has 13 aromatic rings. The number of hydrogen-bond acceptors (Lipinski definition) is 5. The van der Waals surface area contributed by atoms with Gasteiger partial charge in [0.05, 0.1) is 11.0 Å². The van der Waals surface area contributed by atoms with Crippen molar-refractivity contribution < 1.29 is 8.83 Å². The topological polar surface area (TPSA) is 69.9 Å². The molecule has 0 atom stereocenters. The maximum atomic E-state index is 6.56. The molecular formula is C57H34N4O2. The Morgan fingerprint density at radius 2 is 0.810 bits per heavy atom. The van der Waals surface area contributed by atoms with Gasteiger partial charge in [0, 0.05) is 54.7 Å². The zero-order chi connectivity index (χ0) is 41.4. The average Bonchev–Trinajstić information content (AvgIpc) is 4.04. The number of hydrogen-bond donors (Lipinski definition) is 0. The summed E-state index contributed by atoms with van der Waals surface area (Å²) in [6.07, 6.45) is 0. The SMILES string of the molecule is c1ccc(-c2ccc3c(c2)c2ccccc2n3-c2cccc(-c3ccc4oc5cccc(-c6nc(-c7ccccc7)nc(-c7cccc8oc9ccccc9c78)n6)c5c4c3)c2)cc1. The molecular weight excluding hydrogens is 773 g/mol. The van der Waals surface area contributed by atoms with Gasteiger partial charge in [-0.3, -0.25) is 0 Å². The molecule has 6 nitrogen and oxygen atoms in total. The molecule has 0 fully saturated rings. The summed E-state index contributed by atoms with van der Waals surface area (Å²) in [5.74, 6) is 1.72. The first kappa shape index (κ1) is 35.2. The van der Waals surface area contributed by atoms with E-state index < -0.39 is 0 Å². The molecule has 0 bridgehead atoms. The first-order valence-corrected chi connectivity index (χ1v) is 21.1. The van der Waals surface area contributed by atoms with E-state index in [-0.39, 0.29) is 0 Å². The lowest BCUT2D eigenvalue weighted by molar-refractivity contribution is 0.668. The molecule has 0 amide bonds. The minimum atomic E-state index is 0.561. The molecule has 0 spiro atoms. The van der Waals surface area contributed by atoms with Gasteiger partial charge in [-0.2, -0.15) is 0 Å². The van der Waals surface area contributed by atoms with E-state index in [1.807, 2.05) is 72.8 Å². The molecule has 0 N–H and O–H groups in total. The Labute approximate surface area is 361 Å². The summed E-state index contributed by atoms with van der Waals surface area (Å²) < 4.78 is 15.2. The summed E-state index contributed by atoms with van der Waals surface area (Å²) in [5, 5.41) is 6.37. The Kier molecular flexibility index (Phi) is 7.80. The highest BCUT2D eigenvalue weighted by molar-refractivity contribution is 6.14. The molecule has 0 saturated heterocycles. The lowest BCUT2D eigenvalue weighted by Gasteiger charge is -2.11. The van der Waals surface area contributed by atoms with Crippen LogP contribution >= 0.6 is 0 Å². The number of para-hydroxylation sites is 2. The van der Waals surface area contributed by atoms with Crippen LogP contribution in [0.15, 0.2) is 215 Å². The predicted octanol–water partition coefficient (Wildman–Crippen LogP) is 15.1. The van der Waals surface area contributed by atoms with Gasteiger partial charge in [-0.15, -0.1) is 0 Å². The van der Waals surface area contributed by atoms with E-state index in [9.17, 15) is 0 Å². The smallest absolute Gasteiger partial charge is 0.164 e. The predicted molar refractivity (Wildman–Crippen MR) is 256 cm³/mol. The molecule has 0 aliphatic carbocycles. The fourth-order valence-corrected chi connectivity index (χ4v) is 9.37. The van der Waals surface area contributed by atoms with Crippen LogP contribution in [0.1, 0.15) is 0 Å². The molecule has 63 heavy (non-hydrogen) atoms. The Hall–Kier alpha value is -8.61. The van der Waals surface area contributed by atoms with Crippen molar-refractivity contribution in [3.8, 4) is 62.1 Å². The zero-order valence-corrected chi connectivity index (χ0v) is 33.7. The van der Waals surface area contributed by atoms with Crippen molar-refractivity contribution in [1.29, 1.82) is 0 Å². The van der Waals surface area contributed by atoms with Crippen LogP contribution in [-0.4, -0.2) is 19.5 Å². The molecule has 0 radical (unpaired) electrons. The standard InChI is InChI=1S/C57H34N4O2/c1-3-14-35(15-4-1)38-28-30-48-45(33-38)41-20-7-9-24-47(41)61(48)40-19-11-18-37(32-40)39-29-31-50-46(34-39)54-44(23-13-27-52(54)63-50)57-59-55(36-16-5-2-6-17-36)58-56(60-57)43-22-12-26-51-53(43)42-21-8-10-25-49(42)62-51/h1-34H. The highest BCUT2D eigenvalue weighted by atomic mass is 16.3. The second-order valence-electron chi connectivity index (χ2n) is 15.9. The van der Waals surface area contributed by atoms with Gasteiger partial charge in [-0.1, -0.05) is 146 Å². The Morgan fingerprint density at radius 3 is 1.57 bits per heavy atom. The quantitative estimate of drug-likeness (QED) is 0.167. The van der Waals surface area contributed by atoms with Crippen molar-refractivity contribution in [2.24, 2.45) is 0 Å². The average molecular weight is 807 g/mol.